The maximum atomic E-state index is 13.3. The molecule has 4 rings (SSSR count). The number of allylic oxidation sites excluding steroid dienone is 2. The second kappa shape index (κ2) is 7.40. The number of methoxy groups -OCH3 is 2. The number of ketones is 1. The van der Waals surface area contributed by atoms with E-state index >= 15 is 0 Å². The average molecular weight is 415 g/mol. The van der Waals surface area contributed by atoms with E-state index in [2.05, 4.69) is 37.1 Å². The van der Waals surface area contributed by atoms with Crippen LogP contribution in [-0.2, 0) is 4.79 Å². The number of aromatic nitrogens is 3. The van der Waals surface area contributed by atoms with Gasteiger partial charge in [0, 0.05) is 23.7 Å². The second-order valence-electron chi connectivity index (χ2n) is 7.98. The standard InChI is InChI=1S/C21H26N4O3S/c1-6-29-20-23-19-22-14-10-21(2,3)11-15(26)17(14)18(25(19)24-20)13-8-7-12(27-4)9-16(13)28-5/h7-10,17-18H,6,11H2,1-5H3,(H,22,23,24)/t17-,18-/m0/s1. The van der Waals surface area contributed by atoms with Gasteiger partial charge in [0.2, 0.25) is 11.1 Å². The number of Topliss-reactive ketones (excluding diaryl/α,β-unsaturated/α-hetero) is 1. The summed E-state index contributed by atoms with van der Waals surface area (Å²) in [5.74, 6) is 2.72. The molecule has 0 saturated heterocycles. The molecule has 29 heavy (non-hydrogen) atoms. The Hall–Kier alpha value is -2.48. The fourth-order valence-electron chi connectivity index (χ4n) is 4.17. The maximum absolute atomic E-state index is 13.3. The molecule has 1 aromatic carbocycles. The number of thioether (sulfide) groups is 1. The van der Waals surface area contributed by atoms with E-state index in [0.717, 1.165) is 17.0 Å². The molecule has 154 valence electrons. The molecule has 0 radical (unpaired) electrons. The van der Waals surface area contributed by atoms with Crippen LogP contribution < -0.4 is 14.8 Å². The maximum Gasteiger partial charge on any atom is 0.227 e. The van der Waals surface area contributed by atoms with Crippen LogP contribution in [0.5, 0.6) is 11.5 Å². The molecule has 1 N–H and O–H groups in total. The Morgan fingerprint density at radius 3 is 2.79 bits per heavy atom. The van der Waals surface area contributed by atoms with E-state index in [1.165, 1.54) is 0 Å². The lowest BCUT2D eigenvalue weighted by Gasteiger charge is -2.40. The summed E-state index contributed by atoms with van der Waals surface area (Å²) in [6.45, 7) is 6.23. The number of ether oxygens (including phenoxy) is 2. The van der Waals surface area contributed by atoms with Crippen molar-refractivity contribution in [1.29, 1.82) is 0 Å². The molecule has 8 heteroatoms. The third-order valence-corrected chi connectivity index (χ3v) is 6.06. The quantitative estimate of drug-likeness (QED) is 0.743. The van der Waals surface area contributed by atoms with E-state index in [1.807, 2.05) is 22.9 Å². The number of benzene rings is 1. The zero-order valence-electron chi connectivity index (χ0n) is 17.4. The first kappa shape index (κ1) is 19.8. The number of nitrogens with one attached hydrogen (secondary N) is 1. The first-order valence-corrected chi connectivity index (χ1v) is 10.7. The van der Waals surface area contributed by atoms with Crippen LogP contribution in [0.1, 0.15) is 38.8 Å². The van der Waals surface area contributed by atoms with Gasteiger partial charge in [0.15, 0.2) is 0 Å². The van der Waals surface area contributed by atoms with Crippen molar-refractivity contribution < 1.29 is 14.3 Å². The summed E-state index contributed by atoms with van der Waals surface area (Å²) < 4.78 is 12.9. The molecule has 2 heterocycles. The van der Waals surface area contributed by atoms with Crippen molar-refractivity contribution in [1.82, 2.24) is 14.8 Å². The zero-order chi connectivity index (χ0) is 20.8. The number of hydrogen-bond acceptors (Lipinski definition) is 7. The van der Waals surface area contributed by atoms with Crippen LogP contribution in [0.4, 0.5) is 5.95 Å². The largest absolute Gasteiger partial charge is 0.497 e. The summed E-state index contributed by atoms with van der Waals surface area (Å²) in [5.41, 5.74) is 1.58. The van der Waals surface area contributed by atoms with E-state index in [9.17, 15) is 4.79 Å². The smallest absolute Gasteiger partial charge is 0.227 e. The van der Waals surface area contributed by atoms with Crippen LogP contribution >= 0.6 is 11.8 Å². The molecular weight excluding hydrogens is 388 g/mol. The molecule has 0 fully saturated rings. The van der Waals surface area contributed by atoms with Gasteiger partial charge in [-0.1, -0.05) is 38.6 Å². The van der Waals surface area contributed by atoms with Crippen LogP contribution in [-0.4, -0.2) is 40.5 Å². The molecule has 2 aliphatic rings. The molecule has 0 amide bonds. The monoisotopic (exact) mass is 414 g/mol. The fourth-order valence-corrected chi connectivity index (χ4v) is 4.73. The van der Waals surface area contributed by atoms with Crippen molar-refractivity contribution in [2.24, 2.45) is 11.3 Å². The SMILES string of the molecule is CCSc1nc2n(n1)[C@@H](c1ccc(OC)cc1OC)[C@@H]1C(=O)CC(C)(C)C=C1N2. The highest BCUT2D eigenvalue weighted by Gasteiger charge is 2.46. The minimum atomic E-state index is -0.362. The predicted octanol–water partition coefficient (Wildman–Crippen LogP) is 3.92. The molecule has 0 unspecified atom stereocenters. The summed E-state index contributed by atoms with van der Waals surface area (Å²) in [6, 6.07) is 5.35. The number of rotatable bonds is 5. The lowest BCUT2D eigenvalue weighted by molar-refractivity contribution is -0.125. The van der Waals surface area contributed by atoms with Gasteiger partial charge in [0.05, 0.1) is 26.2 Å². The Labute approximate surface area is 174 Å². The van der Waals surface area contributed by atoms with Crippen LogP contribution in [0, 0.1) is 11.3 Å². The molecule has 2 atom stereocenters. The first-order chi connectivity index (χ1) is 13.9. The number of anilines is 1. The minimum Gasteiger partial charge on any atom is -0.497 e. The minimum absolute atomic E-state index is 0.189. The third-order valence-electron chi connectivity index (χ3n) is 5.34. The van der Waals surface area contributed by atoms with Crippen LogP contribution in [0.25, 0.3) is 0 Å². The van der Waals surface area contributed by atoms with E-state index in [0.29, 0.717) is 29.0 Å². The molecule has 1 aromatic heterocycles. The van der Waals surface area contributed by atoms with E-state index in [1.54, 1.807) is 26.0 Å². The Kier molecular flexibility index (Phi) is 5.06. The van der Waals surface area contributed by atoms with Gasteiger partial charge in [-0.3, -0.25) is 4.79 Å². The summed E-state index contributed by atoms with van der Waals surface area (Å²) in [4.78, 5) is 17.9. The lowest BCUT2D eigenvalue weighted by atomic mass is 9.72. The normalized spacial score (nSPS) is 22.2. The van der Waals surface area contributed by atoms with Gasteiger partial charge in [-0.2, -0.15) is 4.98 Å². The number of fused-ring (bicyclic) bond motifs is 2. The van der Waals surface area contributed by atoms with Crippen molar-refractivity contribution in [3.8, 4) is 11.5 Å². The van der Waals surface area contributed by atoms with Crippen LogP contribution in [0.15, 0.2) is 35.1 Å². The predicted molar refractivity (Wildman–Crippen MR) is 113 cm³/mol. The Morgan fingerprint density at radius 1 is 1.31 bits per heavy atom. The van der Waals surface area contributed by atoms with Crippen molar-refractivity contribution in [2.45, 2.75) is 38.4 Å². The number of carbonyl (C=O) groups excluding carboxylic acids is 1. The molecule has 1 aliphatic carbocycles. The average Bonchev–Trinajstić information content (AvgIpc) is 3.07. The van der Waals surface area contributed by atoms with Crippen molar-refractivity contribution >= 4 is 23.5 Å². The molecule has 0 saturated carbocycles. The Morgan fingerprint density at radius 2 is 2.10 bits per heavy atom. The fraction of sp³-hybridized carbons (Fsp3) is 0.476. The molecule has 0 spiro atoms. The van der Waals surface area contributed by atoms with E-state index < -0.39 is 0 Å². The van der Waals surface area contributed by atoms with E-state index in [-0.39, 0.29) is 23.2 Å². The van der Waals surface area contributed by atoms with Gasteiger partial charge in [-0.25, -0.2) is 4.68 Å². The Balaban J connectivity index is 1.91. The molecule has 1 aliphatic heterocycles. The molecule has 2 aromatic rings. The molecule has 7 nitrogen and oxygen atoms in total. The number of nitrogens with zero attached hydrogens (tertiary/aromatic N) is 3. The zero-order valence-corrected chi connectivity index (χ0v) is 18.2. The van der Waals surface area contributed by atoms with Crippen molar-refractivity contribution in [3.05, 3.63) is 35.5 Å². The molecular formula is C21H26N4O3S. The van der Waals surface area contributed by atoms with Crippen LogP contribution in [0.3, 0.4) is 0 Å². The van der Waals surface area contributed by atoms with Gasteiger partial charge in [-0.05, 0) is 23.3 Å². The molecule has 0 bridgehead atoms. The number of carbonyl (C=O) groups is 1. The Bertz CT molecular complexity index is 982. The van der Waals surface area contributed by atoms with Gasteiger partial charge in [-0.15, -0.1) is 5.10 Å². The third kappa shape index (κ3) is 3.50. The first-order valence-electron chi connectivity index (χ1n) is 9.70. The second-order valence-corrected chi connectivity index (χ2v) is 9.21. The highest BCUT2D eigenvalue weighted by molar-refractivity contribution is 7.99. The topological polar surface area (TPSA) is 78.3 Å². The highest BCUT2D eigenvalue weighted by Crippen LogP contribution is 2.47. The lowest BCUT2D eigenvalue weighted by Crippen LogP contribution is -2.42. The summed E-state index contributed by atoms with van der Waals surface area (Å²) in [5, 5.41) is 8.79. The van der Waals surface area contributed by atoms with Gasteiger partial charge in [0.25, 0.3) is 0 Å². The van der Waals surface area contributed by atoms with E-state index in [4.69, 9.17) is 14.6 Å². The highest BCUT2D eigenvalue weighted by atomic mass is 32.2. The summed E-state index contributed by atoms with van der Waals surface area (Å²) >= 11 is 1.58. The summed E-state index contributed by atoms with van der Waals surface area (Å²) in [7, 11) is 3.25. The van der Waals surface area contributed by atoms with Gasteiger partial charge < -0.3 is 14.8 Å². The number of hydrogen-bond donors (Lipinski definition) is 1. The van der Waals surface area contributed by atoms with Gasteiger partial charge >= 0.3 is 0 Å². The van der Waals surface area contributed by atoms with Crippen molar-refractivity contribution in [2.75, 3.05) is 25.3 Å². The van der Waals surface area contributed by atoms with Gasteiger partial charge in [0.1, 0.15) is 17.3 Å². The van der Waals surface area contributed by atoms with Crippen molar-refractivity contribution in [3.63, 3.8) is 0 Å². The van der Waals surface area contributed by atoms with Crippen LogP contribution in [0.2, 0.25) is 0 Å². The summed E-state index contributed by atoms with van der Waals surface area (Å²) in [6.07, 6.45) is 2.64.